The van der Waals surface area contributed by atoms with Gasteiger partial charge in [-0.25, -0.2) is 4.79 Å². The van der Waals surface area contributed by atoms with E-state index >= 15 is 0 Å². The molecule has 0 amide bonds. The second kappa shape index (κ2) is 3.14. The molecule has 0 saturated heterocycles. The fraction of sp³-hybridized carbons (Fsp3) is 0.500. The van der Waals surface area contributed by atoms with E-state index in [1.807, 2.05) is 0 Å². The largest absolute Gasteiger partial charge is 0.392 e. The first kappa shape index (κ1) is 8.87. The first-order chi connectivity index (χ1) is 3.48. The van der Waals surface area contributed by atoms with Crippen molar-refractivity contribution in [2.75, 3.05) is 0 Å². The summed E-state index contributed by atoms with van der Waals surface area (Å²) in [5.41, 5.74) is 0. The second-order valence-corrected chi connectivity index (χ2v) is 4.27. The van der Waals surface area contributed by atoms with Gasteiger partial charge in [0.05, 0.1) is 0 Å². The van der Waals surface area contributed by atoms with E-state index in [2.05, 4.69) is 55.0 Å². The van der Waals surface area contributed by atoms with Gasteiger partial charge < -0.3 is 4.18 Å². The smallest absolute Gasteiger partial charge is 0.354 e. The molecule has 0 aromatic carbocycles. The number of thiol groups is 4. The molecule has 6 heteroatoms. The quantitative estimate of drug-likeness (QED) is 0.278. The summed E-state index contributed by atoms with van der Waals surface area (Å²) in [6.07, 6.45) is 0. The zero-order valence-electron chi connectivity index (χ0n) is 3.61. The summed E-state index contributed by atoms with van der Waals surface area (Å²) in [4.78, 5) is 10.3. The Hall–Kier alpha value is 0.870. The molecule has 0 aromatic rings. The summed E-state index contributed by atoms with van der Waals surface area (Å²) in [5.74, 6) is -0.712. The fourth-order valence-electron chi connectivity index (χ4n) is 0.0612. The van der Waals surface area contributed by atoms with Gasteiger partial charge in [0.25, 0.3) is 0 Å². The van der Waals surface area contributed by atoms with Gasteiger partial charge in [-0.3, -0.25) is 0 Å². The zero-order chi connectivity index (χ0) is 6.78. The van der Waals surface area contributed by atoms with Crippen LogP contribution in [0.3, 0.4) is 0 Å². The lowest BCUT2D eigenvalue weighted by Gasteiger charge is -2.08. The topological polar surface area (TPSA) is 26.3 Å². The number of carbonyl (C=O) groups excluding carboxylic acids is 1. The van der Waals surface area contributed by atoms with Crippen molar-refractivity contribution in [3.63, 3.8) is 0 Å². The first-order valence-electron chi connectivity index (χ1n) is 1.51. The molecular formula is C2H4O2S4. The van der Waals surface area contributed by atoms with Crippen LogP contribution in [0.4, 0.5) is 0 Å². The van der Waals surface area contributed by atoms with Crippen LogP contribution in [0.5, 0.6) is 0 Å². The Morgan fingerprint density at radius 2 is 1.75 bits per heavy atom. The summed E-state index contributed by atoms with van der Waals surface area (Å²) in [6.45, 7) is 0. The van der Waals surface area contributed by atoms with Crippen molar-refractivity contribution in [3.8, 4) is 0 Å². The van der Waals surface area contributed by atoms with Gasteiger partial charge >= 0.3 is 5.97 Å². The molecule has 0 aliphatic heterocycles. The molecule has 0 bridgehead atoms. The molecule has 0 radical (unpaired) electrons. The minimum Gasteiger partial charge on any atom is -0.392 e. The maximum Gasteiger partial charge on any atom is 0.354 e. The van der Waals surface area contributed by atoms with E-state index in [1.54, 1.807) is 0 Å². The van der Waals surface area contributed by atoms with Gasteiger partial charge in [-0.05, 0) is 0 Å². The third kappa shape index (κ3) is 3.01. The number of hydrogen-bond donors (Lipinski definition) is 4. The van der Waals surface area contributed by atoms with Crippen LogP contribution in [0.2, 0.25) is 0 Å². The molecule has 0 unspecified atom stereocenters. The van der Waals surface area contributed by atoms with Crippen LogP contribution < -0.4 is 0 Å². The van der Waals surface area contributed by atoms with Crippen LogP contribution in [0.15, 0.2) is 0 Å². The molecule has 8 heavy (non-hydrogen) atoms. The summed E-state index contributed by atoms with van der Waals surface area (Å²) in [7, 11) is 0. The molecule has 0 aromatic heterocycles. The molecule has 2 nitrogen and oxygen atoms in total. The Kier molecular flexibility index (Phi) is 3.49. The maximum atomic E-state index is 10.3. The summed E-state index contributed by atoms with van der Waals surface area (Å²) >= 11 is 14.1. The van der Waals surface area contributed by atoms with Crippen LogP contribution in [-0.2, 0) is 8.98 Å². The van der Waals surface area contributed by atoms with E-state index in [1.165, 1.54) is 0 Å². The molecule has 48 valence electrons. The standard InChI is InChI=1S/C2H4O2S4/c3-1(4-8)2(5,6)7/h5-8H. The van der Waals surface area contributed by atoms with Crippen LogP contribution >= 0.6 is 50.8 Å². The van der Waals surface area contributed by atoms with Crippen LogP contribution in [0, 0.1) is 0 Å². The van der Waals surface area contributed by atoms with Gasteiger partial charge in [0.15, 0.2) is 3.41 Å². The van der Waals surface area contributed by atoms with Gasteiger partial charge in [0.1, 0.15) is 0 Å². The Morgan fingerprint density at radius 1 is 1.38 bits per heavy atom. The van der Waals surface area contributed by atoms with Crippen molar-refractivity contribution >= 4 is 56.8 Å². The first-order valence-corrected chi connectivity index (χ1v) is 3.22. The molecule has 0 fully saturated rings. The van der Waals surface area contributed by atoms with E-state index in [4.69, 9.17) is 0 Å². The Bertz CT molecular complexity index is 94.7. The van der Waals surface area contributed by atoms with Crippen molar-refractivity contribution in [2.45, 2.75) is 3.41 Å². The summed E-state index contributed by atoms with van der Waals surface area (Å²) in [5, 5.41) is 0. The lowest BCUT2D eigenvalue weighted by atomic mass is 10.8. The number of rotatable bonds is 1. The Balaban J connectivity index is 3.82. The highest BCUT2D eigenvalue weighted by atomic mass is 32.2. The monoisotopic (exact) mass is 188 g/mol. The van der Waals surface area contributed by atoms with E-state index in [-0.39, 0.29) is 0 Å². The lowest BCUT2D eigenvalue weighted by molar-refractivity contribution is -0.131. The molecule has 0 aliphatic rings. The Labute approximate surface area is 69.2 Å². The highest BCUT2D eigenvalue weighted by molar-refractivity contribution is 8.18. The SMILES string of the molecule is O=C(OS)C(S)(S)S. The van der Waals surface area contributed by atoms with Crippen molar-refractivity contribution in [1.29, 1.82) is 0 Å². The average Bonchev–Trinajstić information content (AvgIpc) is 1.62. The highest BCUT2D eigenvalue weighted by Crippen LogP contribution is 2.25. The van der Waals surface area contributed by atoms with E-state index in [0.717, 1.165) is 0 Å². The molecular weight excluding hydrogens is 184 g/mol. The maximum absolute atomic E-state index is 10.3. The van der Waals surface area contributed by atoms with E-state index < -0.39 is 9.38 Å². The zero-order valence-corrected chi connectivity index (χ0v) is 7.18. The molecule has 0 spiro atoms. The van der Waals surface area contributed by atoms with Crippen molar-refractivity contribution in [2.24, 2.45) is 0 Å². The molecule has 0 N–H and O–H groups in total. The van der Waals surface area contributed by atoms with Crippen molar-refractivity contribution in [1.82, 2.24) is 0 Å². The normalized spacial score (nSPS) is 11.0. The lowest BCUT2D eigenvalue weighted by Crippen LogP contribution is -2.18. The molecule has 0 atom stereocenters. The summed E-state index contributed by atoms with van der Waals surface area (Å²) in [6, 6.07) is 0. The van der Waals surface area contributed by atoms with Gasteiger partial charge in [-0.2, -0.15) is 0 Å². The minimum absolute atomic E-state index is 0.712. The molecule has 0 rings (SSSR count). The average molecular weight is 188 g/mol. The highest BCUT2D eigenvalue weighted by Gasteiger charge is 2.26. The molecule has 0 saturated carbocycles. The summed E-state index contributed by atoms with van der Waals surface area (Å²) < 4.78 is 2.60. The van der Waals surface area contributed by atoms with E-state index in [0.29, 0.717) is 0 Å². The van der Waals surface area contributed by atoms with Gasteiger partial charge in [0, 0.05) is 12.9 Å². The van der Waals surface area contributed by atoms with Gasteiger partial charge in [0.2, 0.25) is 0 Å². The van der Waals surface area contributed by atoms with Gasteiger partial charge in [-0.1, -0.05) is 0 Å². The fourth-order valence-corrected chi connectivity index (χ4v) is 0.551. The van der Waals surface area contributed by atoms with Crippen LogP contribution in [-0.4, -0.2) is 9.38 Å². The predicted molar refractivity (Wildman–Crippen MR) is 44.8 cm³/mol. The minimum atomic E-state index is -1.35. The van der Waals surface area contributed by atoms with E-state index in [9.17, 15) is 4.79 Å². The molecule has 0 heterocycles. The number of hydrogen-bond acceptors (Lipinski definition) is 6. The predicted octanol–water partition coefficient (Wildman–Crippen LogP) is 0.818. The van der Waals surface area contributed by atoms with Crippen molar-refractivity contribution < 1.29 is 8.98 Å². The second-order valence-electron chi connectivity index (χ2n) is 1.01. The third-order valence-electron chi connectivity index (χ3n) is 0.357. The van der Waals surface area contributed by atoms with Crippen LogP contribution in [0.25, 0.3) is 0 Å². The number of carbonyl (C=O) groups is 1. The van der Waals surface area contributed by atoms with Crippen LogP contribution in [0.1, 0.15) is 0 Å². The third-order valence-corrected chi connectivity index (χ3v) is 1.07. The Morgan fingerprint density at radius 3 is 1.75 bits per heavy atom. The molecule has 0 aliphatic carbocycles. The van der Waals surface area contributed by atoms with Crippen molar-refractivity contribution in [3.05, 3.63) is 0 Å². The van der Waals surface area contributed by atoms with Gasteiger partial charge in [-0.15, -0.1) is 37.9 Å².